The van der Waals surface area contributed by atoms with Crippen LogP contribution >= 0.6 is 0 Å². The molecule has 2 aromatic rings. The van der Waals surface area contributed by atoms with Crippen LogP contribution < -0.4 is 14.8 Å². The number of Topliss-reactive ketones (excluding diaryl/α,β-unsaturated/α-hetero) is 1. The molecule has 0 aliphatic rings. The monoisotopic (exact) mass is 350 g/mol. The lowest BCUT2D eigenvalue weighted by molar-refractivity contribution is -0.112. The van der Waals surface area contributed by atoms with Gasteiger partial charge in [0.25, 0.3) is 5.91 Å². The topological polar surface area (TPSA) is 88.4 Å². The molecule has 6 nitrogen and oxygen atoms in total. The summed E-state index contributed by atoms with van der Waals surface area (Å²) >= 11 is 0. The quantitative estimate of drug-likeness (QED) is 0.490. The molecule has 0 saturated heterocycles. The van der Waals surface area contributed by atoms with E-state index in [1.165, 1.54) is 27.2 Å². The fraction of sp³-hybridized carbons (Fsp3) is 0.150. The van der Waals surface area contributed by atoms with Crippen LogP contribution in [0.2, 0.25) is 0 Å². The minimum absolute atomic E-state index is 0.130. The van der Waals surface area contributed by atoms with Gasteiger partial charge >= 0.3 is 0 Å². The average molecular weight is 350 g/mol. The molecule has 0 bridgehead atoms. The first-order valence-corrected chi connectivity index (χ1v) is 7.75. The summed E-state index contributed by atoms with van der Waals surface area (Å²) in [6.45, 7) is 1.41. The van der Waals surface area contributed by atoms with Gasteiger partial charge in [0.15, 0.2) is 5.78 Å². The summed E-state index contributed by atoms with van der Waals surface area (Å²) in [6, 6.07) is 13.5. The van der Waals surface area contributed by atoms with Gasteiger partial charge in [-0.2, -0.15) is 5.26 Å². The number of hydrogen-bond donors (Lipinski definition) is 1. The van der Waals surface area contributed by atoms with Crippen molar-refractivity contribution < 1.29 is 19.1 Å². The van der Waals surface area contributed by atoms with Gasteiger partial charge in [-0.3, -0.25) is 9.59 Å². The number of nitrogens with zero attached hydrogens (tertiary/aromatic N) is 1. The molecular formula is C20H18N2O4. The molecule has 0 aromatic heterocycles. The van der Waals surface area contributed by atoms with Crippen LogP contribution in [0.25, 0.3) is 6.08 Å². The molecular weight excluding hydrogens is 332 g/mol. The zero-order valence-corrected chi connectivity index (χ0v) is 14.7. The Morgan fingerprint density at radius 3 is 2.46 bits per heavy atom. The third-order valence-corrected chi connectivity index (χ3v) is 3.66. The van der Waals surface area contributed by atoms with Gasteiger partial charge in [0.2, 0.25) is 0 Å². The Kier molecular flexibility index (Phi) is 6.12. The van der Waals surface area contributed by atoms with E-state index in [2.05, 4.69) is 5.32 Å². The van der Waals surface area contributed by atoms with Gasteiger partial charge < -0.3 is 14.8 Å². The summed E-state index contributed by atoms with van der Waals surface area (Å²) in [4.78, 5) is 24.2. The number of ether oxygens (including phenoxy) is 2. The summed E-state index contributed by atoms with van der Waals surface area (Å²) in [6.07, 6.45) is 1.41. The zero-order chi connectivity index (χ0) is 19.1. The number of carbonyl (C=O) groups excluding carboxylic acids is 2. The van der Waals surface area contributed by atoms with Crippen molar-refractivity contribution in [2.75, 3.05) is 19.5 Å². The Bertz CT molecular complexity index is 910. The molecule has 1 amide bonds. The van der Waals surface area contributed by atoms with Gasteiger partial charge in [0.1, 0.15) is 23.1 Å². The second-order valence-corrected chi connectivity index (χ2v) is 5.33. The lowest BCUT2D eigenvalue weighted by Crippen LogP contribution is -2.15. The average Bonchev–Trinajstić information content (AvgIpc) is 2.65. The zero-order valence-electron chi connectivity index (χ0n) is 14.7. The van der Waals surface area contributed by atoms with E-state index in [1.54, 1.807) is 42.5 Å². The number of nitriles is 1. The van der Waals surface area contributed by atoms with E-state index in [9.17, 15) is 14.9 Å². The summed E-state index contributed by atoms with van der Waals surface area (Å²) in [5.74, 6) is 0.260. The number of rotatable bonds is 6. The third kappa shape index (κ3) is 4.28. The van der Waals surface area contributed by atoms with Gasteiger partial charge in [-0.15, -0.1) is 0 Å². The second-order valence-electron chi connectivity index (χ2n) is 5.33. The van der Waals surface area contributed by atoms with Crippen molar-refractivity contribution in [2.24, 2.45) is 0 Å². The minimum atomic E-state index is -0.619. The number of nitrogens with one attached hydrogen (secondary N) is 1. The summed E-state index contributed by atoms with van der Waals surface area (Å²) in [7, 11) is 3.01. The molecule has 26 heavy (non-hydrogen) atoms. The van der Waals surface area contributed by atoms with Crippen LogP contribution in [0.5, 0.6) is 11.5 Å². The maximum atomic E-state index is 12.5. The van der Waals surface area contributed by atoms with E-state index < -0.39 is 5.91 Å². The fourth-order valence-electron chi connectivity index (χ4n) is 2.35. The van der Waals surface area contributed by atoms with Gasteiger partial charge in [0.05, 0.1) is 19.9 Å². The smallest absolute Gasteiger partial charge is 0.266 e. The Labute approximate surface area is 151 Å². The van der Waals surface area contributed by atoms with Crippen molar-refractivity contribution in [1.29, 1.82) is 5.26 Å². The first-order chi connectivity index (χ1) is 12.5. The number of ketones is 1. The molecule has 0 fully saturated rings. The van der Waals surface area contributed by atoms with E-state index >= 15 is 0 Å². The van der Waals surface area contributed by atoms with Crippen LogP contribution in [0.3, 0.4) is 0 Å². The Balaban J connectivity index is 2.37. The summed E-state index contributed by atoms with van der Waals surface area (Å²) in [5.41, 5.74) is 1.12. The normalized spacial score (nSPS) is 10.6. The molecule has 0 aliphatic carbocycles. The van der Waals surface area contributed by atoms with E-state index in [0.717, 1.165) is 0 Å². The number of methoxy groups -OCH3 is 2. The predicted octanol–water partition coefficient (Wildman–Crippen LogP) is 3.45. The molecule has 2 rings (SSSR count). The van der Waals surface area contributed by atoms with Crippen molar-refractivity contribution in [2.45, 2.75) is 6.92 Å². The first-order valence-electron chi connectivity index (χ1n) is 7.75. The number of para-hydroxylation sites is 1. The van der Waals surface area contributed by atoms with Gasteiger partial charge in [0, 0.05) is 11.1 Å². The van der Waals surface area contributed by atoms with E-state index in [1.807, 2.05) is 6.07 Å². The van der Waals surface area contributed by atoms with Crippen LogP contribution in [-0.4, -0.2) is 25.9 Å². The molecule has 6 heteroatoms. The van der Waals surface area contributed by atoms with Gasteiger partial charge in [-0.1, -0.05) is 12.1 Å². The summed E-state index contributed by atoms with van der Waals surface area (Å²) in [5, 5.41) is 12.0. The highest BCUT2D eigenvalue weighted by Crippen LogP contribution is 2.26. The standard InChI is InChI=1S/C20H18N2O4/c1-13(23)17-6-4-5-7-18(17)22-20(24)15(12-21)10-14-11-16(25-2)8-9-19(14)26-3/h4-11H,1-3H3,(H,22,24)/b15-10-. The van der Waals surface area contributed by atoms with E-state index in [-0.39, 0.29) is 11.4 Å². The van der Waals surface area contributed by atoms with Crippen molar-refractivity contribution in [3.8, 4) is 17.6 Å². The highest BCUT2D eigenvalue weighted by atomic mass is 16.5. The van der Waals surface area contributed by atoms with Crippen molar-refractivity contribution >= 4 is 23.5 Å². The molecule has 2 aromatic carbocycles. The summed E-state index contributed by atoms with van der Waals surface area (Å²) < 4.78 is 10.4. The van der Waals surface area contributed by atoms with Crippen LogP contribution in [0, 0.1) is 11.3 Å². The molecule has 132 valence electrons. The first kappa shape index (κ1) is 18.7. The van der Waals surface area contributed by atoms with Crippen LogP contribution in [0.1, 0.15) is 22.8 Å². The van der Waals surface area contributed by atoms with Gasteiger partial charge in [-0.25, -0.2) is 0 Å². The Morgan fingerprint density at radius 1 is 1.12 bits per heavy atom. The van der Waals surface area contributed by atoms with Crippen LogP contribution in [0.4, 0.5) is 5.69 Å². The number of amides is 1. The molecule has 1 N–H and O–H groups in total. The molecule has 0 radical (unpaired) electrons. The van der Waals surface area contributed by atoms with E-state index in [4.69, 9.17) is 9.47 Å². The van der Waals surface area contributed by atoms with E-state index in [0.29, 0.717) is 28.3 Å². The Morgan fingerprint density at radius 2 is 1.85 bits per heavy atom. The van der Waals surface area contributed by atoms with Gasteiger partial charge in [-0.05, 0) is 43.3 Å². The lowest BCUT2D eigenvalue weighted by Gasteiger charge is -2.10. The molecule has 0 heterocycles. The predicted molar refractivity (Wildman–Crippen MR) is 98.2 cm³/mol. The van der Waals surface area contributed by atoms with Crippen molar-refractivity contribution in [3.63, 3.8) is 0 Å². The molecule has 0 spiro atoms. The van der Waals surface area contributed by atoms with Crippen LogP contribution in [-0.2, 0) is 4.79 Å². The highest BCUT2D eigenvalue weighted by Gasteiger charge is 2.14. The largest absolute Gasteiger partial charge is 0.497 e. The second kappa shape index (κ2) is 8.49. The fourth-order valence-corrected chi connectivity index (χ4v) is 2.35. The molecule has 0 unspecified atom stereocenters. The van der Waals surface area contributed by atoms with Crippen LogP contribution in [0.15, 0.2) is 48.0 Å². The highest BCUT2D eigenvalue weighted by molar-refractivity contribution is 6.12. The maximum Gasteiger partial charge on any atom is 0.266 e. The number of anilines is 1. The molecule has 0 atom stereocenters. The SMILES string of the molecule is COc1ccc(OC)c(/C=C(/C#N)C(=O)Nc2ccccc2C(C)=O)c1. The van der Waals surface area contributed by atoms with Crippen molar-refractivity contribution in [1.82, 2.24) is 0 Å². The number of hydrogen-bond acceptors (Lipinski definition) is 5. The maximum absolute atomic E-state index is 12.5. The number of carbonyl (C=O) groups is 2. The number of benzene rings is 2. The van der Waals surface area contributed by atoms with Crippen molar-refractivity contribution in [3.05, 3.63) is 59.2 Å². The lowest BCUT2D eigenvalue weighted by atomic mass is 10.1. The minimum Gasteiger partial charge on any atom is -0.497 e. The Hall–Kier alpha value is -3.59. The molecule has 0 aliphatic heterocycles. The molecule has 0 saturated carbocycles. The third-order valence-electron chi connectivity index (χ3n) is 3.66.